The van der Waals surface area contributed by atoms with Crippen molar-refractivity contribution >= 4 is 51.8 Å². The van der Waals surface area contributed by atoms with Gasteiger partial charge in [0.2, 0.25) is 0 Å². The van der Waals surface area contributed by atoms with Crippen LogP contribution >= 0.6 is 23.4 Å². The van der Waals surface area contributed by atoms with Gasteiger partial charge in [-0.15, -0.1) is 11.8 Å². The highest BCUT2D eigenvalue weighted by molar-refractivity contribution is 7.99. The van der Waals surface area contributed by atoms with Gasteiger partial charge >= 0.3 is 5.97 Å². The Bertz CT molecular complexity index is 1040. The SMILES string of the molecule is N#CCSc1ccccc1NC(=O)COC(=O)c1[nH]c2ccccc2c1Cl. The van der Waals surface area contributed by atoms with Gasteiger partial charge in [-0.05, 0) is 18.2 Å². The zero-order valence-electron chi connectivity index (χ0n) is 14.0. The van der Waals surface area contributed by atoms with Crippen LogP contribution in [-0.4, -0.2) is 29.2 Å². The number of benzene rings is 2. The van der Waals surface area contributed by atoms with Gasteiger partial charge in [0.1, 0.15) is 5.69 Å². The minimum Gasteiger partial charge on any atom is -0.451 e. The number of rotatable bonds is 6. The van der Waals surface area contributed by atoms with E-state index in [1.807, 2.05) is 24.3 Å². The van der Waals surface area contributed by atoms with Crippen LogP contribution < -0.4 is 5.32 Å². The number of amides is 1. The molecule has 3 aromatic rings. The van der Waals surface area contributed by atoms with Crippen LogP contribution in [0.5, 0.6) is 0 Å². The molecule has 2 N–H and O–H groups in total. The van der Waals surface area contributed by atoms with Gasteiger partial charge in [0, 0.05) is 15.8 Å². The highest BCUT2D eigenvalue weighted by Gasteiger charge is 2.19. The van der Waals surface area contributed by atoms with Crippen LogP contribution in [0, 0.1) is 11.3 Å². The van der Waals surface area contributed by atoms with Crippen molar-refractivity contribution in [2.24, 2.45) is 0 Å². The third-order valence-electron chi connectivity index (χ3n) is 3.63. The lowest BCUT2D eigenvalue weighted by Gasteiger charge is -2.10. The summed E-state index contributed by atoms with van der Waals surface area (Å²) in [5.41, 5.74) is 1.38. The summed E-state index contributed by atoms with van der Waals surface area (Å²) < 4.78 is 5.07. The maximum atomic E-state index is 12.2. The van der Waals surface area contributed by atoms with E-state index in [1.165, 1.54) is 11.8 Å². The molecule has 0 spiro atoms. The summed E-state index contributed by atoms with van der Waals surface area (Å²) in [5.74, 6) is -0.931. The summed E-state index contributed by atoms with van der Waals surface area (Å²) in [5, 5.41) is 12.3. The Kier molecular flexibility index (Phi) is 6.01. The first-order chi connectivity index (χ1) is 13.1. The van der Waals surface area contributed by atoms with Crippen molar-refractivity contribution in [3.8, 4) is 6.07 Å². The van der Waals surface area contributed by atoms with Crippen LogP contribution in [0.25, 0.3) is 10.9 Å². The molecule has 1 aromatic heterocycles. The van der Waals surface area contributed by atoms with Gasteiger partial charge in [0.15, 0.2) is 6.61 Å². The average molecular weight is 400 g/mol. The van der Waals surface area contributed by atoms with Crippen molar-refractivity contribution in [1.82, 2.24) is 4.98 Å². The van der Waals surface area contributed by atoms with Gasteiger partial charge < -0.3 is 15.0 Å². The number of H-pyrrole nitrogens is 1. The Morgan fingerprint density at radius 1 is 1.19 bits per heavy atom. The lowest BCUT2D eigenvalue weighted by molar-refractivity contribution is -0.119. The van der Waals surface area contributed by atoms with Crippen LogP contribution in [0.1, 0.15) is 10.5 Å². The van der Waals surface area contributed by atoms with Gasteiger partial charge in [-0.3, -0.25) is 4.79 Å². The van der Waals surface area contributed by atoms with Crippen molar-refractivity contribution in [2.75, 3.05) is 17.7 Å². The number of hydrogen-bond donors (Lipinski definition) is 2. The predicted molar refractivity (Wildman–Crippen MR) is 105 cm³/mol. The molecule has 8 heteroatoms. The molecule has 0 radical (unpaired) electrons. The van der Waals surface area contributed by atoms with E-state index < -0.39 is 18.5 Å². The van der Waals surface area contributed by atoms with Crippen LogP contribution in [0.4, 0.5) is 5.69 Å². The largest absolute Gasteiger partial charge is 0.451 e. The molecule has 0 saturated carbocycles. The first-order valence-corrected chi connectivity index (χ1v) is 9.28. The number of aromatic amines is 1. The number of carbonyl (C=O) groups excluding carboxylic acids is 2. The van der Waals surface area contributed by atoms with Gasteiger partial charge in [-0.1, -0.05) is 41.9 Å². The number of nitrogens with one attached hydrogen (secondary N) is 2. The third kappa shape index (κ3) is 4.42. The molecule has 0 aliphatic rings. The van der Waals surface area contributed by atoms with E-state index in [0.717, 1.165) is 4.90 Å². The topological polar surface area (TPSA) is 95.0 Å². The molecule has 1 amide bonds. The summed E-state index contributed by atoms with van der Waals surface area (Å²) in [4.78, 5) is 28.0. The first-order valence-electron chi connectivity index (χ1n) is 7.92. The maximum Gasteiger partial charge on any atom is 0.356 e. The number of fused-ring (bicyclic) bond motifs is 1. The fourth-order valence-electron chi connectivity index (χ4n) is 2.44. The molecule has 136 valence electrons. The molecule has 0 unspecified atom stereocenters. The number of halogens is 1. The maximum absolute atomic E-state index is 12.2. The highest BCUT2D eigenvalue weighted by atomic mass is 35.5. The van der Waals surface area contributed by atoms with E-state index in [-0.39, 0.29) is 16.5 Å². The molecular formula is C19H14ClN3O3S. The number of anilines is 1. The Hall–Kier alpha value is -2.95. The molecule has 27 heavy (non-hydrogen) atoms. The van der Waals surface area contributed by atoms with Gasteiger partial charge in [0.05, 0.1) is 22.5 Å². The molecule has 2 aromatic carbocycles. The molecule has 0 saturated heterocycles. The number of nitrogens with zero attached hydrogens (tertiary/aromatic N) is 1. The number of hydrogen-bond acceptors (Lipinski definition) is 5. The number of aromatic nitrogens is 1. The van der Waals surface area contributed by atoms with Crippen LogP contribution in [0.15, 0.2) is 53.4 Å². The van der Waals surface area contributed by atoms with Crippen molar-refractivity contribution in [2.45, 2.75) is 4.90 Å². The van der Waals surface area contributed by atoms with E-state index in [9.17, 15) is 9.59 Å². The minimum absolute atomic E-state index is 0.107. The molecule has 0 fully saturated rings. The second-order valence-electron chi connectivity index (χ2n) is 5.43. The summed E-state index contributed by atoms with van der Waals surface area (Å²) in [6.45, 7) is -0.457. The van der Waals surface area contributed by atoms with Crippen LogP contribution in [-0.2, 0) is 9.53 Å². The van der Waals surface area contributed by atoms with E-state index >= 15 is 0 Å². The van der Waals surface area contributed by atoms with Gasteiger partial charge in [0.25, 0.3) is 5.91 Å². The fraction of sp³-hybridized carbons (Fsp3) is 0.105. The Labute approximate surface area is 164 Å². The predicted octanol–water partition coefficient (Wildman–Crippen LogP) is 4.23. The second-order valence-corrected chi connectivity index (χ2v) is 6.82. The first kappa shape index (κ1) is 18.8. The highest BCUT2D eigenvalue weighted by Crippen LogP contribution is 2.28. The molecule has 0 bridgehead atoms. The van der Waals surface area contributed by atoms with Crippen molar-refractivity contribution < 1.29 is 14.3 Å². The summed E-state index contributed by atoms with van der Waals surface area (Å²) in [7, 11) is 0. The monoisotopic (exact) mass is 399 g/mol. The molecular weight excluding hydrogens is 386 g/mol. The van der Waals surface area contributed by atoms with E-state index in [0.29, 0.717) is 16.6 Å². The molecule has 0 atom stereocenters. The smallest absolute Gasteiger partial charge is 0.356 e. The lowest BCUT2D eigenvalue weighted by Crippen LogP contribution is -2.21. The molecule has 0 aliphatic heterocycles. The Morgan fingerprint density at radius 2 is 1.93 bits per heavy atom. The third-order valence-corrected chi connectivity index (χ3v) is 4.97. The normalized spacial score (nSPS) is 10.4. The number of carbonyl (C=O) groups is 2. The van der Waals surface area contributed by atoms with Crippen molar-refractivity contribution in [3.05, 3.63) is 59.2 Å². The van der Waals surface area contributed by atoms with Gasteiger partial charge in [-0.2, -0.15) is 5.26 Å². The Morgan fingerprint density at radius 3 is 2.70 bits per heavy atom. The average Bonchev–Trinajstić information content (AvgIpc) is 3.02. The zero-order chi connectivity index (χ0) is 19.2. The van der Waals surface area contributed by atoms with Crippen LogP contribution in [0.2, 0.25) is 5.02 Å². The molecule has 1 heterocycles. The number of para-hydroxylation sites is 2. The number of thioether (sulfide) groups is 1. The van der Waals surface area contributed by atoms with E-state index in [4.69, 9.17) is 21.6 Å². The number of nitriles is 1. The number of ether oxygens (including phenoxy) is 1. The van der Waals surface area contributed by atoms with Crippen molar-refractivity contribution in [3.63, 3.8) is 0 Å². The Balaban J connectivity index is 1.63. The molecule has 0 aliphatic carbocycles. The quantitative estimate of drug-likeness (QED) is 0.477. The zero-order valence-corrected chi connectivity index (χ0v) is 15.6. The fourth-order valence-corrected chi connectivity index (χ4v) is 3.40. The van der Waals surface area contributed by atoms with E-state index in [2.05, 4.69) is 10.3 Å². The summed E-state index contributed by atoms with van der Waals surface area (Å²) >= 11 is 7.51. The van der Waals surface area contributed by atoms with Gasteiger partial charge in [-0.25, -0.2) is 4.79 Å². The summed E-state index contributed by atoms with van der Waals surface area (Å²) in [6.07, 6.45) is 0. The lowest BCUT2D eigenvalue weighted by atomic mass is 10.2. The summed E-state index contributed by atoms with van der Waals surface area (Å²) in [6, 6.07) is 16.3. The second kappa shape index (κ2) is 8.62. The number of esters is 1. The minimum atomic E-state index is -0.710. The molecule has 3 rings (SSSR count). The van der Waals surface area contributed by atoms with Crippen LogP contribution in [0.3, 0.4) is 0 Å². The van der Waals surface area contributed by atoms with Crippen molar-refractivity contribution in [1.29, 1.82) is 5.26 Å². The molecule has 6 nitrogen and oxygen atoms in total. The van der Waals surface area contributed by atoms with E-state index in [1.54, 1.807) is 30.3 Å². The standard InChI is InChI=1S/C19H14ClN3O3S/c20-17-12-5-1-2-6-13(12)23-18(17)19(25)26-11-16(24)22-14-7-3-4-8-15(14)27-10-9-21/h1-8,23H,10-11H2,(H,22,24).